The standard InChI is InChI=1S/C18H29N3/c1-3-10-20(11-4-1)14-9-18-8-7-17(15-19-18)16-21-12-5-2-6-13-21/h7-8,15H,1-6,9-14,16H2. The molecule has 3 heterocycles. The Morgan fingerprint density at radius 2 is 1.48 bits per heavy atom. The molecule has 0 radical (unpaired) electrons. The summed E-state index contributed by atoms with van der Waals surface area (Å²) < 4.78 is 0. The molecule has 2 aliphatic heterocycles. The van der Waals surface area contributed by atoms with E-state index in [9.17, 15) is 0 Å². The highest BCUT2D eigenvalue weighted by Gasteiger charge is 2.11. The molecule has 2 fully saturated rings. The van der Waals surface area contributed by atoms with Crippen LogP contribution in [0.4, 0.5) is 0 Å². The summed E-state index contributed by atoms with van der Waals surface area (Å²) >= 11 is 0. The fourth-order valence-electron chi connectivity index (χ4n) is 3.53. The van der Waals surface area contributed by atoms with Gasteiger partial charge in [-0.2, -0.15) is 0 Å². The molecule has 3 heteroatoms. The number of hydrogen-bond acceptors (Lipinski definition) is 3. The zero-order valence-electron chi connectivity index (χ0n) is 13.3. The Hall–Kier alpha value is -0.930. The second-order valence-electron chi connectivity index (χ2n) is 6.65. The predicted octanol–water partition coefficient (Wildman–Crippen LogP) is 3.10. The SMILES string of the molecule is c1cc(CCN2CCCCC2)ncc1CN1CCCCC1. The van der Waals surface area contributed by atoms with Gasteiger partial charge in [0.25, 0.3) is 0 Å². The number of aromatic nitrogens is 1. The lowest BCUT2D eigenvalue weighted by atomic mass is 10.1. The van der Waals surface area contributed by atoms with Gasteiger partial charge in [-0.15, -0.1) is 0 Å². The maximum Gasteiger partial charge on any atom is 0.0416 e. The topological polar surface area (TPSA) is 19.4 Å². The van der Waals surface area contributed by atoms with E-state index in [0.717, 1.165) is 13.0 Å². The number of hydrogen-bond donors (Lipinski definition) is 0. The van der Waals surface area contributed by atoms with E-state index in [1.54, 1.807) is 0 Å². The molecule has 1 aromatic heterocycles. The molecule has 2 aliphatic rings. The molecule has 116 valence electrons. The molecule has 2 saturated heterocycles. The van der Waals surface area contributed by atoms with Crippen molar-refractivity contribution in [2.24, 2.45) is 0 Å². The first-order valence-corrected chi connectivity index (χ1v) is 8.79. The minimum atomic E-state index is 1.08. The zero-order chi connectivity index (χ0) is 14.3. The van der Waals surface area contributed by atoms with Gasteiger partial charge in [0, 0.05) is 31.4 Å². The summed E-state index contributed by atoms with van der Waals surface area (Å²) in [6, 6.07) is 4.52. The summed E-state index contributed by atoms with van der Waals surface area (Å²) in [7, 11) is 0. The minimum absolute atomic E-state index is 1.08. The van der Waals surface area contributed by atoms with E-state index < -0.39 is 0 Å². The van der Waals surface area contributed by atoms with Crippen molar-refractivity contribution in [2.75, 3.05) is 32.7 Å². The summed E-state index contributed by atoms with van der Waals surface area (Å²) in [5.41, 5.74) is 2.63. The third-order valence-electron chi connectivity index (χ3n) is 4.87. The molecule has 3 nitrogen and oxygen atoms in total. The van der Waals surface area contributed by atoms with Gasteiger partial charge < -0.3 is 4.90 Å². The van der Waals surface area contributed by atoms with Crippen molar-refractivity contribution in [3.8, 4) is 0 Å². The molecule has 0 amide bonds. The van der Waals surface area contributed by atoms with Crippen LogP contribution >= 0.6 is 0 Å². The van der Waals surface area contributed by atoms with E-state index in [0.29, 0.717) is 0 Å². The van der Waals surface area contributed by atoms with Gasteiger partial charge in [-0.25, -0.2) is 0 Å². The average molecular weight is 287 g/mol. The van der Waals surface area contributed by atoms with Crippen molar-refractivity contribution in [3.63, 3.8) is 0 Å². The van der Waals surface area contributed by atoms with E-state index in [2.05, 4.69) is 33.1 Å². The van der Waals surface area contributed by atoms with Crippen LogP contribution in [0.15, 0.2) is 18.3 Å². The molecule has 0 N–H and O–H groups in total. The molecule has 0 aromatic carbocycles. The zero-order valence-corrected chi connectivity index (χ0v) is 13.3. The fraction of sp³-hybridized carbons (Fsp3) is 0.722. The molecule has 21 heavy (non-hydrogen) atoms. The third-order valence-corrected chi connectivity index (χ3v) is 4.87. The van der Waals surface area contributed by atoms with Crippen LogP contribution in [-0.4, -0.2) is 47.5 Å². The van der Waals surface area contributed by atoms with Crippen LogP contribution < -0.4 is 0 Å². The molecule has 0 saturated carbocycles. The number of pyridine rings is 1. The number of rotatable bonds is 5. The lowest BCUT2D eigenvalue weighted by molar-refractivity contribution is 0.220. The van der Waals surface area contributed by atoms with Gasteiger partial charge in [0.2, 0.25) is 0 Å². The van der Waals surface area contributed by atoms with Crippen LogP contribution in [0.2, 0.25) is 0 Å². The van der Waals surface area contributed by atoms with Crippen molar-refractivity contribution in [1.82, 2.24) is 14.8 Å². The van der Waals surface area contributed by atoms with E-state index in [1.807, 2.05) is 0 Å². The van der Waals surface area contributed by atoms with Crippen LogP contribution in [0.5, 0.6) is 0 Å². The predicted molar refractivity (Wildman–Crippen MR) is 87.4 cm³/mol. The second-order valence-corrected chi connectivity index (χ2v) is 6.65. The van der Waals surface area contributed by atoms with Gasteiger partial charge in [0.05, 0.1) is 0 Å². The van der Waals surface area contributed by atoms with Gasteiger partial charge in [-0.3, -0.25) is 9.88 Å². The lowest BCUT2D eigenvalue weighted by Crippen LogP contribution is -2.31. The Balaban J connectivity index is 1.44. The van der Waals surface area contributed by atoms with Crippen LogP contribution in [-0.2, 0) is 13.0 Å². The fourth-order valence-corrected chi connectivity index (χ4v) is 3.53. The Bertz CT molecular complexity index is 403. The van der Waals surface area contributed by atoms with Crippen LogP contribution in [0, 0.1) is 0 Å². The number of likely N-dealkylation sites (tertiary alicyclic amines) is 2. The Morgan fingerprint density at radius 1 is 0.810 bits per heavy atom. The van der Waals surface area contributed by atoms with E-state index >= 15 is 0 Å². The number of nitrogens with zero attached hydrogens (tertiary/aromatic N) is 3. The first-order chi connectivity index (χ1) is 10.4. The summed E-state index contributed by atoms with van der Waals surface area (Å²) in [6.07, 6.45) is 11.5. The summed E-state index contributed by atoms with van der Waals surface area (Å²) in [5.74, 6) is 0. The highest BCUT2D eigenvalue weighted by molar-refractivity contribution is 5.14. The molecule has 0 atom stereocenters. The van der Waals surface area contributed by atoms with E-state index in [4.69, 9.17) is 0 Å². The largest absolute Gasteiger partial charge is 0.303 e. The normalized spacial score (nSPS) is 21.5. The minimum Gasteiger partial charge on any atom is -0.303 e. The summed E-state index contributed by atoms with van der Waals surface area (Å²) in [6.45, 7) is 7.35. The Morgan fingerprint density at radius 3 is 2.10 bits per heavy atom. The van der Waals surface area contributed by atoms with Gasteiger partial charge in [-0.1, -0.05) is 18.9 Å². The quantitative estimate of drug-likeness (QED) is 0.829. The summed E-state index contributed by atoms with van der Waals surface area (Å²) in [4.78, 5) is 9.83. The van der Waals surface area contributed by atoms with Crippen molar-refractivity contribution < 1.29 is 0 Å². The van der Waals surface area contributed by atoms with Crippen LogP contribution in [0.1, 0.15) is 49.8 Å². The molecule has 0 bridgehead atoms. The lowest BCUT2D eigenvalue weighted by Gasteiger charge is -2.26. The van der Waals surface area contributed by atoms with Gasteiger partial charge >= 0.3 is 0 Å². The Kier molecular flexibility index (Phi) is 5.64. The number of piperidine rings is 2. The van der Waals surface area contributed by atoms with Gasteiger partial charge in [0.1, 0.15) is 0 Å². The van der Waals surface area contributed by atoms with Crippen LogP contribution in [0.3, 0.4) is 0 Å². The molecule has 3 rings (SSSR count). The van der Waals surface area contributed by atoms with Crippen molar-refractivity contribution >= 4 is 0 Å². The maximum atomic E-state index is 4.68. The maximum absolute atomic E-state index is 4.68. The highest BCUT2D eigenvalue weighted by Crippen LogP contribution is 2.13. The highest BCUT2D eigenvalue weighted by atomic mass is 15.1. The first kappa shape index (κ1) is 15.0. The monoisotopic (exact) mass is 287 g/mol. The molecule has 0 unspecified atom stereocenters. The first-order valence-electron chi connectivity index (χ1n) is 8.79. The molecular weight excluding hydrogens is 258 g/mol. The molecule has 1 aromatic rings. The Labute approximate surface area is 129 Å². The van der Waals surface area contributed by atoms with E-state index in [-0.39, 0.29) is 0 Å². The van der Waals surface area contributed by atoms with Gasteiger partial charge in [-0.05, 0) is 63.5 Å². The smallest absolute Gasteiger partial charge is 0.0416 e. The second kappa shape index (κ2) is 7.90. The molecular formula is C18H29N3. The molecule has 0 spiro atoms. The van der Waals surface area contributed by atoms with Gasteiger partial charge in [0.15, 0.2) is 0 Å². The third kappa shape index (κ3) is 4.79. The molecule has 0 aliphatic carbocycles. The van der Waals surface area contributed by atoms with Crippen molar-refractivity contribution in [1.29, 1.82) is 0 Å². The van der Waals surface area contributed by atoms with Crippen LogP contribution in [0.25, 0.3) is 0 Å². The van der Waals surface area contributed by atoms with Crippen molar-refractivity contribution in [2.45, 2.75) is 51.5 Å². The van der Waals surface area contributed by atoms with E-state index in [1.165, 1.54) is 82.5 Å². The van der Waals surface area contributed by atoms with Crippen molar-refractivity contribution in [3.05, 3.63) is 29.6 Å². The summed E-state index contributed by atoms with van der Waals surface area (Å²) in [5, 5.41) is 0. The average Bonchev–Trinajstić information content (AvgIpc) is 2.56.